The number of hydrogen-bond acceptors (Lipinski definition) is 12. The molecule has 2 aromatic carbocycles. The van der Waals surface area contributed by atoms with Crippen LogP contribution in [0.1, 0.15) is 46.1 Å². The van der Waals surface area contributed by atoms with Crippen molar-refractivity contribution >= 4 is 52.0 Å². The maximum Gasteiger partial charge on any atom is 0.416 e. The molecule has 310 valence electrons. The van der Waals surface area contributed by atoms with E-state index in [1.165, 1.54) is 24.2 Å². The van der Waals surface area contributed by atoms with Crippen LogP contribution in [0.4, 0.5) is 44.1 Å². The molecule has 58 heavy (non-hydrogen) atoms. The second-order valence-corrected chi connectivity index (χ2v) is 13.1. The summed E-state index contributed by atoms with van der Waals surface area (Å²) in [5.74, 6) is -3.84. The zero-order valence-corrected chi connectivity index (χ0v) is 31.0. The number of aromatic nitrogens is 2. The fraction of sp³-hybridized carbons (Fsp3) is 0.405. The van der Waals surface area contributed by atoms with Crippen molar-refractivity contribution in [3.63, 3.8) is 0 Å². The summed E-state index contributed by atoms with van der Waals surface area (Å²) in [6.45, 7) is 4.19. The highest BCUT2D eigenvalue weighted by molar-refractivity contribution is 6.06. The molecule has 0 radical (unpaired) electrons. The molecule has 6 rings (SSSR count). The number of piperidine rings is 1. The number of rotatable bonds is 18. The normalized spacial score (nSPS) is 16.0. The van der Waals surface area contributed by atoms with Gasteiger partial charge in [-0.05, 0) is 31.5 Å². The Morgan fingerprint density at radius 2 is 1.66 bits per heavy atom. The van der Waals surface area contributed by atoms with Gasteiger partial charge in [-0.2, -0.15) is 13.2 Å². The maximum absolute atomic E-state index is 14.1. The number of carbonyl (C=O) groups excluding carboxylic acids is 4. The number of fused-ring (bicyclic) bond motifs is 2. The number of aryl methyl sites for hydroxylation is 1. The lowest BCUT2D eigenvalue weighted by Gasteiger charge is -2.29. The van der Waals surface area contributed by atoms with Crippen molar-refractivity contribution in [3.05, 3.63) is 76.8 Å². The molecule has 2 aromatic heterocycles. The Kier molecular flexibility index (Phi) is 13.3. The third-order valence-electron chi connectivity index (χ3n) is 9.19. The van der Waals surface area contributed by atoms with Crippen LogP contribution in [-0.4, -0.2) is 104 Å². The predicted octanol–water partition coefficient (Wildman–Crippen LogP) is 4.57. The van der Waals surface area contributed by atoms with Crippen molar-refractivity contribution in [2.24, 2.45) is 0 Å². The van der Waals surface area contributed by atoms with Gasteiger partial charge in [0.25, 0.3) is 5.91 Å². The minimum absolute atomic E-state index is 0.0239. The van der Waals surface area contributed by atoms with Crippen LogP contribution >= 0.6 is 0 Å². The molecule has 0 aliphatic carbocycles. The van der Waals surface area contributed by atoms with Crippen LogP contribution in [0.2, 0.25) is 0 Å². The summed E-state index contributed by atoms with van der Waals surface area (Å²) in [4.78, 5) is 58.8. The van der Waals surface area contributed by atoms with Crippen LogP contribution in [-0.2, 0) is 30.3 Å². The van der Waals surface area contributed by atoms with Crippen molar-refractivity contribution in [1.29, 1.82) is 0 Å². The molecular formula is C37H39F5N8O8. The van der Waals surface area contributed by atoms with Crippen molar-refractivity contribution in [1.82, 2.24) is 25.5 Å². The number of nitrogens with one attached hydrogen (secondary N) is 5. The van der Waals surface area contributed by atoms with E-state index in [2.05, 4.69) is 31.2 Å². The van der Waals surface area contributed by atoms with Gasteiger partial charge in [-0.15, -0.1) is 0 Å². The van der Waals surface area contributed by atoms with Crippen molar-refractivity contribution in [3.8, 4) is 0 Å². The predicted molar refractivity (Wildman–Crippen MR) is 196 cm³/mol. The summed E-state index contributed by atoms with van der Waals surface area (Å²) < 4.78 is 91.4. The van der Waals surface area contributed by atoms with Crippen molar-refractivity contribution in [2.75, 3.05) is 68.7 Å². The minimum atomic E-state index is -5.04. The minimum Gasteiger partial charge on any atom is -0.455 e. The van der Waals surface area contributed by atoms with Crippen molar-refractivity contribution < 1.29 is 59.8 Å². The summed E-state index contributed by atoms with van der Waals surface area (Å²) in [6.07, 6.45) is -2.22. The Labute approximate surface area is 327 Å². The number of amides is 5. The highest BCUT2D eigenvalue weighted by Gasteiger charge is 2.46. The summed E-state index contributed by atoms with van der Waals surface area (Å²) in [7, 11) is 0. The summed E-state index contributed by atoms with van der Waals surface area (Å²) in [6, 6.07) is 2.04. The average Bonchev–Trinajstić information content (AvgIpc) is 3.68. The van der Waals surface area contributed by atoms with Gasteiger partial charge >= 0.3 is 12.2 Å². The Morgan fingerprint density at radius 1 is 0.983 bits per heavy atom. The molecule has 0 spiro atoms. The molecule has 2 atom stereocenters. The quantitative estimate of drug-likeness (QED) is 0.0534. The van der Waals surface area contributed by atoms with E-state index in [1.54, 1.807) is 17.4 Å². The average molecular weight is 819 g/mol. The first-order chi connectivity index (χ1) is 27.8. The lowest BCUT2D eigenvalue weighted by atomic mass is 10.0. The SMILES string of the molecule is Cc1c([C@@H](NC(=O)Nc2cnc(NCCOCCOCCOCCNc3cccc4c3CN(C3CCC(=O)NC3=O)C4=O)nc2)C(F)(F)F)oc2c(F)cc(F)cc12. The monoisotopic (exact) mass is 818 g/mol. The largest absolute Gasteiger partial charge is 0.455 e. The number of anilines is 3. The Balaban J connectivity index is 0.815. The molecular weight excluding hydrogens is 779 g/mol. The maximum atomic E-state index is 14.1. The lowest BCUT2D eigenvalue weighted by molar-refractivity contribution is -0.158. The van der Waals surface area contributed by atoms with E-state index >= 15 is 0 Å². The number of hydrogen-bond donors (Lipinski definition) is 5. The van der Waals surface area contributed by atoms with Gasteiger partial charge in [-0.3, -0.25) is 19.7 Å². The fourth-order valence-electron chi connectivity index (χ4n) is 6.40. The second kappa shape index (κ2) is 18.6. The molecule has 5 amide bonds. The van der Waals surface area contributed by atoms with Crippen LogP contribution in [0.3, 0.4) is 0 Å². The van der Waals surface area contributed by atoms with Gasteiger partial charge < -0.3 is 44.8 Å². The first-order valence-corrected chi connectivity index (χ1v) is 18.1. The van der Waals surface area contributed by atoms with Gasteiger partial charge in [0.1, 0.15) is 17.6 Å². The molecule has 5 N–H and O–H groups in total. The van der Waals surface area contributed by atoms with Crippen LogP contribution in [0.25, 0.3) is 11.0 Å². The van der Waals surface area contributed by atoms with E-state index in [0.29, 0.717) is 64.2 Å². The summed E-state index contributed by atoms with van der Waals surface area (Å²) >= 11 is 0. The highest BCUT2D eigenvalue weighted by atomic mass is 19.4. The molecule has 4 heterocycles. The van der Waals surface area contributed by atoms with Crippen LogP contribution in [0.15, 0.2) is 47.1 Å². The Hall–Kier alpha value is -5.93. The zero-order chi connectivity index (χ0) is 41.4. The second-order valence-electron chi connectivity index (χ2n) is 13.1. The van der Waals surface area contributed by atoms with E-state index in [4.69, 9.17) is 18.6 Å². The van der Waals surface area contributed by atoms with Crippen LogP contribution in [0, 0.1) is 18.6 Å². The molecule has 2 aliphatic heterocycles. The fourth-order valence-corrected chi connectivity index (χ4v) is 6.40. The van der Waals surface area contributed by atoms with E-state index in [0.717, 1.165) is 17.3 Å². The molecule has 1 fully saturated rings. The summed E-state index contributed by atoms with van der Waals surface area (Å²) in [5.41, 5.74) is 1.31. The highest BCUT2D eigenvalue weighted by Crippen LogP contribution is 2.39. The molecule has 1 saturated heterocycles. The van der Waals surface area contributed by atoms with Crippen molar-refractivity contribution in [2.45, 2.75) is 44.6 Å². The van der Waals surface area contributed by atoms with Gasteiger partial charge in [-0.25, -0.2) is 23.5 Å². The number of imide groups is 1. The van der Waals surface area contributed by atoms with Crippen LogP contribution < -0.4 is 26.6 Å². The molecule has 0 bridgehead atoms. The number of ether oxygens (including phenoxy) is 3. The van der Waals surface area contributed by atoms with Gasteiger partial charge in [0.05, 0.1) is 57.7 Å². The third-order valence-corrected chi connectivity index (χ3v) is 9.19. The van der Waals surface area contributed by atoms with E-state index in [9.17, 15) is 41.1 Å². The first kappa shape index (κ1) is 41.7. The first-order valence-electron chi connectivity index (χ1n) is 18.1. The topological polar surface area (TPSA) is 198 Å². The molecule has 21 heteroatoms. The number of benzene rings is 2. The van der Waals surface area contributed by atoms with E-state index in [-0.39, 0.29) is 54.0 Å². The number of urea groups is 1. The molecule has 2 aliphatic rings. The molecule has 4 aromatic rings. The van der Waals surface area contributed by atoms with E-state index in [1.807, 2.05) is 6.07 Å². The number of halogens is 5. The number of carbonyl (C=O) groups is 4. The number of nitrogens with zero attached hydrogens (tertiary/aromatic N) is 3. The Bertz CT molecular complexity index is 2130. The summed E-state index contributed by atoms with van der Waals surface area (Å²) in [5, 5.41) is 12.2. The number of furan rings is 1. The van der Waals surface area contributed by atoms with Gasteiger partial charge in [0, 0.05) is 59.9 Å². The van der Waals surface area contributed by atoms with Gasteiger partial charge in [-0.1, -0.05) is 6.07 Å². The lowest BCUT2D eigenvalue weighted by Crippen LogP contribution is -2.52. The van der Waals surface area contributed by atoms with Gasteiger partial charge in [0.15, 0.2) is 17.4 Å². The molecule has 0 saturated carbocycles. The van der Waals surface area contributed by atoms with Crippen LogP contribution in [0.5, 0.6) is 0 Å². The smallest absolute Gasteiger partial charge is 0.416 e. The molecule has 1 unspecified atom stereocenters. The Morgan fingerprint density at radius 3 is 2.33 bits per heavy atom. The van der Waals surface area contributed by atoms with E-state index < -0.39 is 53.2 Å². The third kappa shape index (κ3) is 10.1. The standard InChI is InChI=1S/C37H39F5N8O8/c1-20-24-15-21(38)16-26(39)31(24)58-30(20)32(37(40,41)42)49-36(54)47-22-17-45-35(46-18-22)44-8-10-56-12-14-57-13-11-55-9-7-43-27-4-2-3-23-25(27)19-50(34(23)53)28-5-6-29(51)48-33(28)52/h2-4,15-18,28,32,43H,5-14,19H2,1H3,(H,44,45,46)(H2,47,49,54)(H,48,51,52)/t28?,32-/m1/s1. The molecule has 16 nitrogen and oxygen atoms in total. The van der Waals surface area contributed by atoms with Gasteiger partial charge in [0.2, 0.25) is 17.8 Å². The zero-order valence-electron chi connectivity index (χ0n) is 31.0. The number of alkyl halides is 3.